The molecule has 0 amide bonds. The van der Waals surface area contributed by atoms with Crippen molar-refractivity contribution in [2.75, 3.05) is 0 Å². The van der Waals surface area contributed by atoms with Crippen LogP contribution in [0.3, 0.4) is 0 Å². The molecule has 0 aliphatic heterocycles. The Morgan fingerprint density at radius 1 is 1.21 bits per heavy atom. The van der Waals surface area contributed by atoms with Crippen LogP contribution >= 0.6 is 11.6 Å². The normalized spacial score (nSPS) is 10.5. The van der Waals surface area contributed by atoms with Gasteiger partial charge in [-0.2, -0.15) is 8.42 Å². The summed E-state index contributed by atoms with van der Waals surface area (Å²) in [7, 11) is -2.34. The van der Waals surface area contributed by atoms with E-state index in [9.17, 15) is 8.42 Å². The Bertz CT molecular complexity index is 783. The molecule has 0 spiro atoms. The van der Waals surface area contributed by atoms with Gasteiger partial charge in [0.2, 0.25) is 10.3 Å². The molecule has 0 N–H and O–H groups in total. The summed E-state index contributed by atoms with van der Waals surface area (Å²) in [5.41, 5.74) is 3.53. The fourth-order valence-corrected chi connectivity index (χ4v) is 2.97. The van der Waals surface area contributed by atoms with Crippen LogP contribution in [0.5, 0.6) is 0 Å². The number of nitrogens with zero attached hydrogens (tertiary/aromatic N) is 1. The standard InChI is InChI=1S/C14H14ClNO2S/c1-10-5-6-11(2)13(8-10)16-7-3-4-12(9-15)14(16)19(17)18/h3-8H,9H2,1-2H3. The third-order valence-corrected chi connectivity index (χ3v) is 4.01. The second-order valence-electron chi connectivity index (χ2n) is 4.37. The lowest BCUT2D eigenvalue weighted by Gasteiger charge is -2.12. The predicted molar refractivity (Wildman–Crippen MR) is 77.0 cm³/mol. The highest BCUT2D eigenvalue weighted by molar-refractivity contribution is 7.63. The topological polar surface area (TPSA) is 39.1 Å². The molecule has 1 aromatic heterocycles. The van der Waals surface area contributed by atoms with Crippen molar-refractivity contribution in [1.82, 2.24) is 4.57 Å². The molecule has 2 aromatic rings. The molecule has 3 nitrogen and oxygen atoms in total. The molecule has 19 heavy (non-hydrogen) atoms. The average molecular weight is 296 g/mol. The Labute approximate surface area is 118 Å². The quantitative estimate of drug-likeness (QED) is 0.630. The summed E-state index contributed by atoms with van der Waals surface area (Å²) >= 11 is 5.82. The third kappa shape index (κ3) is 2.74. The van der Waals surface area contributed by atoms with Crippen LogP contribution in [0.15, 0.2) is 36.5 Å². The zero-order valence-electron chi connectivity index (χ0n) is 10.7. The molecule has 0 atom stereocenters. The largest absolute Gasteiger partial charge is 0.304 e. The van der Waals surface area contributed by atoms with Gasteiger partial charge in [-0.15, -0.1) is 11.6 Å². The minimum atomic E-state index is -2.34. The Kier molecular flexibility index (Phi) is 4.12. The highest BCUT2D eigenvalue weighted by atomic mass is 35.5. The zero-order chi connectivity index (χ0) is 14.0. The van der Waals surface area contributed by atoms with Gasteiger partial charge in [0.05, 0.1) is 5.88 Å². The summed E-state index contributed by atoms with van der Waals surface area (Å²) in [6.07, 6.45) is 1.74. The van der Waals surface area contributed by atoms with E-state index in [1.165, 1.54) is 0 Å². The maximum Gasteiger partial charge on any atom is 0.239 e. The smallest absolute Gasteiger partial charge is 0.239 e. The van der Waals surface area contributed by atoms with E-state index in [0.29, 0.717) is 5.56 Å². The second-order valence-corrected chi connectivity index (χ2v) is 5.49. The van der Waals surface area contributed by atoms with Crippen molar-refractivity contribution < 1.29 is 8.42 Å². The van der Waals surface area contributed by atoms with Crippen molar-refractivity contribution >= 4 is 21.9 Å². The van der Waals surface area contributed by atoms with Gasteiger partial charge in [0.15, 0.2) is 4.64 Å². The number of hydrogen-bond acceptors (Lipinski definition) is 2. The number of pyridine rings is 1. The van der Waals surface area contributed by atoms with Crippen LogP contribution in [0, 0.1) is 18.5 Å². The van der Waals surface area contributed by atoms with Crippen molar-refractivity contribution in [2.45, 2.75) is 19.7 Å². The molecule has 0 saturated heterocycles. The number of rotatable bonds is 2. The maximum atomic E-state index is 11.5. The lowest BCUT2D eigenvalue weighted by molar-refractivity contribution is 0.623. The van der Waals surface area contributed by atoms with Crippen LogP contribution in [0.2, 0.25) is 0 Å². The van der Waals surface area contributed by atoms with Gasteiger partial charge >= 0.3 is 0 Å². The minimum Gasteiger partial charge on any atom is -0.304 e. The van der Waals surface area contributed by atoms with E-state index < -0.39 is 10.3 Å². The molecule has 0 aliphatic carbocycles. The lowest BCUT2D eigenvalue weighted by atomic mass is 10.1. The van der Waals surface area contributed by atoms with E-state index in [4.69, 9.17) is 11.6 Å². The van der Waals surface area contributed by atoms with E-state index in [0.717, 1.165) is 16.8 Å². The van der Waals surface area contributed by atoms with E-state index in [2.05, 4.69) is 0 Å². The van der Waals surface area contributed by atoms with E-state index in [-0.39, 0.29) is 10.5 Å². The van der Waals surface area contributed by atoms with Gasteiger partial charge in [0, 0.05) is 17.4 Å². The molecule has 0 radical (unpaired) electrons. The highest BCUT2D eigenvalue weighted by Gasteiger charge is 2.06. The summed E-state index contributed by atoms with van der Waals surface area (Å²) in [4.78, 5) is 0. The summed E-state index contributed by atoms with van der Waals surface area (Å²) < 4.78 is 24.9. The van der Waals surface area contributed by atoms with Crippen LogP contribution in [-0.2, 0) is 16.2 Å². The lowest BCUT2D eigenvalue weighted by Crippen LogP contribution is -2.03. The molecule has 1 aromatic carbocycles. The minimum absolute atomic E-state index is 0.162. The Morgan fingerprint density at radius 2 is 1.95 bits per heavy atom. The summed E-state index contributed by atoms with van der Waals surface area (Å²) in [5.74, 6) is 0.162. The van der Waals surface area contributed by atoms with Gasteiger partial charge in [-0.05, 0) is 37.1 Å². The predicted octanol–water partition coefficient (Wildman–Crippen LogP) is 3.24. The van der Waals surface area contributed by atoms with Crippen LogP contribution in [-0.4, -0.2) is 13.0 Å². The maximum absolute atomic E-state index is 11.5. The molecule has 0 unspecified atom stereocenters. The molecule has 1 heterocycles. The average Bonchev–Trinajstić information content (AvgIpc) is 2.40. The Hall–Kier alpha value is -1.52. The van der Waals surface area contributed by atoms with E-state index >= 15 is 0 Å². The Morgan fingerprint density at radius 3 is 2.58 bits per heavy atom. The van der Waals surface area contributed by atoms with Crippen molar-refractivity contribution in [3.8, 4) is 5.69 Å². The van der Waals surface area contributed by atoms with Crippen molar-refractivity contribution in [3.63, 3.8) is 0 Å². The first kappa shape index (κ1) is 13.9. The van der Waals surface area contributed by atoms with Crippen LogP contribution in [0.4, 0.5) is 0 Å². The van der Waals surface area contributed by atoms with Crippen molar-refractivity contribution in [3.05, 3.63) is 57.9 Å². The molecule has 0 fully saturated rings. The first-order valence-electron chi connectivity index (χ1n) is 5.81. The van der Waals surface area contributed by atoms with Crippen molar-refractivity contribution in [2.24, 2.45) is 0 Å². The molecule has 0 bridgehead atoms. The third-order valence-electron chi connectivity index (χ3n) is 2.95. The van der Waals surface area contributed by atoms with Gasteiger partial charge in [-0.3, -0.25) is 0 Å². The van der Waals surface area contributed by atoms with Crippen LogP contribution < -0.4 is 0 Å². The van der Waals surface area contributed by atoms with Crippen LogP contribution in [0.25, 0.3) is 5.69 Å². The first-order valence-corrected chi connectivity index (χ1v) is 7.42. The van der Waals surface area contributed by atoms with E-state index in [1.54, 1.807) is 22.9 Å². The van der Waals surface area contributed by atoms with Gasteiger partial charge in [0.1, 0.15) is 0 Å². The molecule has 100 valence electrons. The second kappa shape index (κ2) is 5.63. The molecule has 5 heteroatoms. The van der Waals surface area contributed by atoms with Gasteiger partial charge in [0.25, 0.3) is 0 Å². The first-order chi connectivity index (χ1) is 9.04. The van der Waals surface area contributed by atoms with Crippen molar-refractivity contribution in [1.29, 1.82) is 0 Å². The number of aryl methyl sites for hydroxylation is 2. The number of benzene rings is 1. The van der Waals surface area contributed by atoms with Gasteiger partial charge < -0.3 is 4.57 Å². The molecular weight excluding hydrogens is 282 g/mol. The number of alkyl halides is 1. The molecular formula is C14H14ClNO2S. The highest BCUT2D eigenvalue weighted by Crippen LogP contribution is 2.18. The molecule has 0 saturated carbocycles. The SMILES string of the molecule is Cc1ccc(C)c(-n2cccc(CCl)c2=S(=O)=O)c1. The van der Waals surface area contributed by atoms with Gasteiger partial charge in [-0.25, -0.2) is 0 Å². The monoisotopic (exact) mass is 295 g/mol. The Balaban J connectivity index is 2.92. The molecule has 0 aliphatic rings. The van der Waals surface area contributed by atoms with Gasteiger partial charge in [-0.1, -0.05) is 18.2 Å². The fraction of sp³-hybridized carbons (Fsp3) is 0.214. The fourth-order valence-electron chi connectivity index (χ4n) is 2.00. The summed E-state index contributed by atoms with van der Waals surface area (Å²) in [6, 6.07) is 9.46. The number of aromatic nitrogens is 1. The number of hydrogen-bond donors (Lipinski definition) is 0. The van der Waals surface area contributed by atoms with Crippen LogP contribution in [0.1, 0.15) is 16.7 Å². The van der Waals surface area contributed by atoms with E-state index in [1.807, 2.05) is 32.0 Å². The summed E-state index contributed by atoms with van der Waals surface area (Å²) in [5, 5.41) is 0. The summed E-state index contributed by atoms with van der Waals surface area (Å²) in [6.45, 7) is 3.93. The zero-order valence-corrected chi connectivity index (χ0v) is 12.3. The molecule has 2 rings (SSSR count). The number of halogens is 1.